The molecule has 0 spiro atoms. The van der Waals surface area contributed by atoms with Crippen molar-refractivity contribution >= 4 is 39.2 Å². The van der Waals surface area contributed by atoms with Crippen LogP contribution in [0.1, 0.15) is 47.4 Å². The quantitative estimate of drug-likeness (QED) is 0.391. The number of rotatable bonds is 4. The number of carbonyl (C=O) groups is 1. The molecular formula is C20H22N4O3S. The van der Waals surface area contributed by atoms with Gasteiger partial charge in [-0.1, -0.05) is 0 Å². The summed E-state index contributed by atoms with van der Waals surface area (Å²) in [6.45, 7) is 10.5. The standard InChI is InChI=1S/C20H22N4O3S/c1-12-8-15(13(2)23(12)20(3,4)5)11-21-22-19(25)18-10-14-9-16(24(26)27)6-7-17(14)28-18/h6-11H,1-5H3,(H,22,25)/b21-11-. The van der Waals surface area contributed by atoms with Gasteiger partial charge >= 0.3 is 0 Å². The van der Waals surface area contributed by atoms with E-state index in [1.54, 1.807) is 18.3 Å². The van der Waals surface area contributed by atoms with Gasteiger partial charge in [-0.3, -0.25) is 14.9 Å². The Labute approximate surface area is 166 Å². The average Bonchev–Trinajstić information content (AvgIpc) is 3.14. The second kappa shape index (κ2) is 7.20. The maximum atomic E-state index is 12.4. The Bertz CT molecular complexity index is 1100. The van der Waals surface area contributed by atoms with Gasteiger partial charge in [-0.15, -0.1) is 11.3 Å². The maximum Gasteiger partial charge on any atom is 0.281 e. The molecule has 0 aliphatic rings. The van der Waals surface area contributed by atoms with E-state index in [4.69, 9.17) is 0 Å². The van der Waals surface area contributed by atoms with Gasteiger partial charge < -0.3 is 4.57 Å². The van der Waals surface area contributed by atoms with Gasteiger partial charge in [0.1, 0.15) is 0 Å². The molecule has 8 heteroatoms. The first-order chi connectivity index (χ1) is 13.1. The molecule has 1 N–H and O–H groups in total. The number of aromatic nitrogens is 1. The predicted octanol–water partition coefficient (Wildman–Crippen LogP) is 4.75. The van der Waals surface area contributed by atoms with E-state index in [-0.39, 0.29) is 17.1 Å². The Kier molecular flexibility index (Phi) is 5.08. The van der Waals surface area contributed by atoms with Gasteiger partial charge in [-0.25, -0.2) is 5.43 Å². The minimum absolute atomic E-state index is 0.00415. The molecule has 2 aromatic heterocycles. The summed E-state index contributed by atoms with van der Waals surface area (Å²) in [6, 6.07) is 8.23. The van der Waals surface area contributed by atoms with E-state index in [0.29, 0.717) is 10.3 Å². The summed E-state index contributed by atoms with van der Waals surface area (Å²) in [7, 11) is 0. The summed E-state index contributed by atoms with van der Waals surface area (Å²) in [6.07, 6.45) is 1.64. The molecule has 0 fully saturated rings. The van der Waals surface area contributed by atoms with Crippen molar-refractivity contribution in [3.63, 3.8) is 0 Å². The molecule has 3 rings (SSSR count). The van der Waals surface area contributed by atoms with Crippen LogP contribution in [0.5, 0.6) is 0 Å². The fraction of sp³-hybridized carbons (Fsp3) is 0.300. The first-order valence-corrected chi connectivity index (χ1v) is 9.60. The number of nitrogens with zero attached hydrogens (tertiary/aromatic N) is 3. The van der Waals surface area contributed by atoms with E-state index >= 15 is 0 Å². The fourth-order valence-corrected chi connectivity index (χ4v) is 4.36. The van der Waals surface area contributed by atoms with Gasteiger partial charge in [0.2, 0.25) is 0 Å². The summed E-state index contributed by atoms with van der Waals surface area (Å²) in [5.74, 6) is -0.343. The highest BCUT2D eigenvalue weighted by Gasteiger charge is 2.19. The topological polar surface area (TPSA) is 89.5 Å². The van der Waals surface area contributed by atoms with Crippen molar-refractivity contribution in [2.45, 2.75) is 40.2 Å². The molecular weight excluding hydrogens is 376 g/mol. The lowest BCUT2D eigenvalue weighted by molar-refractivity contribution is -0.384. The summed E-state index contributed by atoms with van der Waals surface area (Å²) in [4.78, 5) is 23.3. The lowest BCUT2D eigenvalue weighted by Crippen LogP contribution is -2.24. The Morgan fingerprint density at radius 3 is 2.57 bits per heavy atom. The zero-order valence-corrected chi connectivity index (χ0v) is 17.3. The average molecular weight is 398 g/mol. The molecule has 0 radical (unpaired) electrons. The minimum Gasteiger partial charge on any atom is -0.343 e. The summed E-state index contributed by atoms with van der Waals surface area (Å²) in [5.41, 5.74) is 5.66. The monoisotopic (exact) mass is 398 g/mol. The number of aryl methyl sites for hydroxylation is 1. The van der Waals surface area contributed by atoms with Crippen molar-refractivity contribution in [1.82, 2.24) is 9.99 Å². The van der Waals surface area contributed by atoms with Crippen molar-refractivity contribution in [2.24, 2.45) is 5.10 Å². The second-order valence-corrected chi connectivity index (χ2v) is 8.71. The highest BCUT2D eigenvalue weighted by molar-refractivity contribution is 7.20. The number of fused-ring (bicyclic) bond motifs is 1. The second-order valence-electron chi connectivity index (χ2n) is 7.62. The lowest BCUT2D eigenvalue weighted by Gasteiger charge is -2.25. The molecule has 0 aliphatic carbocycles. The molecule has 0 saturated carbocycles. The smallest absolute Gasteiger partial charge is 0.281 e. The number of hydrazone groups is 1. The Balaban J connectivity index is 1.77. The van der Waals surface area contributed by atoms with Crippen molar-refractivity contribution in [2.75, 3.05) is 0 Å². The Hall–Kier alpha value is -3.00. The fourth-order valence-electron chi connectivity index (χ4n) is 3.42. The number of hydrogen-bond donors (Lipinski definition) is 1. The Morgan fingerprint density at radius 1 is 1.25 bits per heavy atom. The summed E-state index contributed by atoms with van der Waals surface area (Å²) in [5, 5.41) is 15.6. The van der Waals surface area contributed by atoms with Gasteiger partial charge in [-0.05, 0) is 52.8 Å². The van der Waals surface area contributed by atoms with Crippen molar-refractivity contribution < 1.29 is 9.72 Å². The first kappa shape index (κ1) is 19.8. The van der Waals surface area contributed by atoms with Crippen molar-refractivity contribution in [3.8, 4) is 0 Å². The number of non-ortho nitro benzene ring substituents is 1. The van der Waals surface area contributed by atoms with E-state index in [2.05, 4.69) is 35.9 Å². The zero-order valence-electron chi connectivity index (χ0n) is 16.4. The Morgan fingerprint density at radius 2 is 1.96 bits per heavy atom. The van der Waals surface area contributed by atoms with Gasteiger partial charge in [0.05, 0.1) is 16.0 Å². The molecule has 0 bridgehead atoms. The van der Waals surface area contributed by atoms with Crippen LogP contribution >= 0.6 is 11.3 Å². The molecule has 2 heterocycles. The summed E-state index contributed by atoms with van der Waals surface area (Å²) < 4.78 is 3.04. The van der Waals surface area contributed by atoms with Crippen LogP contribution in [-0.2, 0) is 5.54 Å². The number of benzene rings is 1. The number of hydrogen-bond acceptors (Lipinski definition) is 5. The number of amides is 1. The molecule has 0 unspecified atom stereocenters. The van der Waals surface area contributed by atoms with Gasteiger partial charge in [0, 0.05) is 44.7 Å². The van der Waals surface area contributed by atoms with E-state index in [1.807, 2.05) is 19.9 Å². The van der Waals surface area contributed by atoms with Crippen LogP contribution in [0.4, 0.5) is 5.69 Å². The van der Waals surface area contributed by atoms with Crippen LogP contribution in [0.25, 0.3) is 10.1 Å². The number of thiophene rings is 1. The van der Waals surface area contributed by atoms with E-state index in [0.717, 1.165) is 21.7 Å². The zero-order chi connectivity index (χ0) is 20.6. The van der Waals surface area contributed by atoms with Gasteiger partial charge in [-0.2, -0.15) is 5.10 Å². The first-order valence-electron chi connectivity index (χ1n) is 8.79. The molecule has 7 nitrogen and oxygen atoms in total. The highest BCUT2D eigenvalue weighted by atomic mass is 32.1. The molecule has 0 saturated heterocycles. The maximum absolute atomic E-state index is 12.4. The molecule has 0 atom stereocenters. The largest absolute Gasteiger partial charge is 0.343 e. The molecule has 1 amide bonds. The molecule has 0 aliphatic heterocycles. The van der Waals surface area contributed by atoms with Crippen LogP contribution < -0.4 is 5.43 Å². The molecule has 28 heavy (non-hydrogen) atoms. The third-order valence-corrected chi connectivity index (χ3v) is 5.56. The number of carbonyl (C=O) groups excluding carboxylic acids is 1. The minimum atomic E-state index is -0.449. The predicted molar refractivity (Wildman–Crippen MR) is 112 cm³/mol. The van der Waals surface area contributed by atoms with Gasteiger partial charge in [0.25, 0.3) is 11.6 Å². The number of nitrogens with one attached hydrogen (secondary N) is 1. The van der Waals surface area contributed by atoms with Crippen LogP contribution in [-0.4, -0.2) is 21.6 Å². The molecule has 3 aromatic rings. The number of nitro groups is 1. The van der Waals surface area contributed by atoms with Crippen LogP contribution in [0.15, 0.2) is 35.4 Å². The van der Waals surface area contributed by atoms with E-state index < -0.39 is 4.92 Å². The molecule has 146 valence electrons. The van der Waals surface area contributed by atoms with E-state index in [1.165, 1.54) is 23.5 Å². The van der Waals surface area contributed by atoms with Crippen molar-refractivity contribution in [1.29, 1.82) is 0 Å². The van der Waals surface area contributed by atoms with E-state index in [9.17, 15) is 14.9 Å². The van der Waals surface area contributed by atoms with Gasteiger partial charge in [0.15, 0.2) is 0 Å². The summed E-state index contributed by atoms with van der Waals surface area (Å²) >= 11 is 1.27. The third-order valence-electron chi connectivity index (χ3n) is 4.45. The van der Waals surface area contributed by atoms with Crippen molar-refractivity contribution in [3.05, 3.63) is 62.3 Å². The van der Waals surface area contributed by atoms with Crippen LogP contribution in [0.2, 0.25) is 0 Å². The van der Waals surface area contributed by atoms with Crippen LogP contribution in [0.3, 0.4) is 0 Å². The normalized spacial score (nSPS) is 12.0. The lowest BCUT2D eigenvalue weighted by atomic mass is 10.1. The highest BCUT2D eigenvalue weighted by Crippen LogP contribution is 2.29. The SMILES string of the molecule is Cc1cc(/C=N\NC(=O)c2cc3cc([N+](=O)[O-])ccc3s2)c(C)n1C(C)(C)C. The third kappa shape index (κ3) is 3.82. The molecule has 1 aromatic carbocycles. The number of nitro benzene ring substituents is 1. The van der Waals surface area contributed by atoms with Crippen LogP contribution in [0, 0.1) is 24.0 Å².